The first-order chi connectivity index (χ1) is 6.47. The Morgan fingerprint density at radius 1 is 1.50 bits per heavy atom. The largest absolute Gasteiger partial charge is 0.0998 e. The molecule has 0 aromatic rings. The molecule has 82 valence electrons. The van der Waals surface area contributed by atoms with Crippen molar-refractivity contribution in [2.75, 3.05) is 0 Å². The van der Waals surface area contributed by atoms with Crippen molar-refractivity contribution in [3.63, 3.8) is 0 Å². The summed E-state index contributed by atoms with van der Waals surface area (Å²) >= 11 is 0. The predicted molar refractivity (Wildman–Crippen MR) is 64.3 cm³/mol. The highest BCUT2D eigenvalue weighted by Gasteiger charge is 2.35. The Morgan fingerprint density at radius 3 is 2.57 bits per heavy atom. The first-order valence-electron chi connectivity index (χ1n) is 6.14. The predicted octanol–water partition coefficient (Wildman–Crippen LogP) is 4.81. The van der Waals surface area contributed by atoms with Crippen LogP contribution in [0.5, 0.6) is 0 Å². The van der Waals surface area contributed by atoms with Gasteiger partial charge in [-0.05, 0) is 42.9 Å². The smallest absolute Gasteiger partial charge is 0.0258 e. The van der Waals surface area contributed by atoms with E-state index in [-0.39, 0.29) is 0 Å². The van der Waals surface area contributed by atoms with Crippen molar-refractivity contribution < 1.29 is 0 Å². The quantitative estimate of drug-likeness (QED) is 0.566. The van der Waals surface area contributed by atoms with Crippen LogP contribution < -0.4 is 0 Å². The standard InChI is InChI=1S/C14H26/c1-6-14(8-11(2)3)9-12(4)7-13(5)10-14/h11,13H,4,6-10H2,1-3,5H3. The third-order valence-corrected chi connectivity index (χ3v) is 3.63. The highest BCUT2D eigenvalue weighted by molar-refractivity contribution is 5.06. The fourth-order valence-corrected chi connectivity index (χ4v) is 3.41. The summed E-state index contributed by atoms with van der Waals surface area (Å²) in [5.41, 5.74) is 2.08. The van der Waals surface area contributed by atoms with Gasteiger partial charge >= 0.3 is 0 Å². The molecule has 1 aliphatic carbocycles. The Balaban J connectivity index is 2.71. The minimum Gasteiger partial charge on any atom is -0.0998 e. The van der Waals surface area contributed by atoms with Crippen LogP contribution in [0.4, 0.5) is 0 Å². The molecule has 0 heterocycles. The van der Waals surface area contributed by atoms with E-state index in [1.54, 1.807) is 0 Å². The van der Waals surface area contributed by atoms with E-state index >= 15 is 0 Å². The van der Waals surface area contributed by atoms with Crippen molar-refractivity contribution in [2.24, 2.45) is 17.3 Å². The average molecular weight is 194 g/mol. The van der Waals surface area contributed by atoms with Gasteiger partial charge in [0.1, 0.15) is 0 Å². The molecule has 1 aliphatic rings. The third kappa shape index (κ3) is 2.87. The molecule has 0 aliphatic heterocycles. The number of allylic oxidation sites excluding steroid dienone is 1. The molecule has 0 radical (unpaired) electrons. The van der Waals surface area contributed by atoms with Gasteiger partial charge < -0.3 is 0 Å². The molecule has 14 heavy (non-hydrogen) atoms. The highest BCUT2D eigenvalue weighted by atomic mass is 14.4. The Hall–Kier alpha value is -0.260. The van der Waals surface area contributed by atoms with E-state index in [4.69, 9.17) is 0 Å². The second-order valence-corrected chi connectivity index (χ2v) is 5.89. The molecule has 0 heteroatoms. The number of hydrogen-bond donors (Lipinski definition) is 0. The van der Waals surface area contributed by atoms with E-state index in [1.807, 2.05) is 0 Å². The van der Waals surface area contributed by atoms with Crippen molar-refractivity contribution in [3.05, 3.63) is 12.2 Å². The van der Waals surface area contributed by atoms with Gasteiger partial charge in [-0.2, -0.15) is 0 Å². The molecular formula is C14H26. The number of hydrogen-bond acceptors (Lipinski definition) is 0. The fourth-order valence-electron chi connectivity index (χ4n) is 3.41. The van der Waals surface area contributed by atoms with Gasteiger partial charge in [0.25, 0.3) is 0 Å². The van der Waals surface area contributed by atoms with Gasteiger partial charge in [-0.1, -0.05) is 46.3 Å². The molecular weight excluding hydrogens is 168 g/mol. The molecule has 0 bridgehead atoms. The van der Waals surface area contributed by atoms with Crippen LogP contribution in [0.15, 0.2) is 12.2 Å². The molecule has 0 N–H and O–H groups in total. The third-order valence-electron chi connectivity index (χ3n) is 3.63. The Bertz CT molecular complexity index is 198. The average Bonchev–Trinajstić information content (AvgIpc) is 2.00. The summed E-state index contributed by atoms with van der Waals surface area (Å²) < 4.78 is 0. The Labute approximate surface area is 89.8 Å². The second-order valence-electron chi connectivity index (χ2n) is 5.89. The van der Waals surface area contributed by atoms with E-state index in [0.29, 0.717) is 5.41 Å². The molecule has 1 rings (SSSR count). The minimum atomic E-state index is 0.586. The highest BCUT2D eigenvalue weighted by Crippen LogP contribution is 2.47. The lowest BCUT2D eigenvalue weighted by Gasteiger charge is -2.42. The topological polar surface area (TPSA) is 0 Å². The molecule has 1 saturated carbocycles. The van der Waals surface area contributed by atoms with Crippen LogP contribution in [0.2, 0.25) is 0 Å². The van der Waals surface area contributed by atoms with Crippen molar-refractivity contribution in [2.45, 2.75) is 59.8 Å². The summed E-state index contributed by atoms with van der Waals surface area (Å²) in [6.45, 7) is 13.6. The summed E-state index contributed by atoms with van der Waals surface area (Å²) in [6, 6.07) is 0. The SMILES string of the molecule is C=C1CC(C)CC(CC)(CC(C)C)C1. The van der Waals surface area contributed by atoms with Gasteiger partial charge in [-0.3, -0.25) is 0 Å². The zero-order chi connectivity index (χ0) is 10.8. The molecule has 0 saturated heterocycles. The number of rotatable bonds is 3. The maximum atomic E-state index is 4.22. The lowest BCUT2D eigenvalue weighted by Crippen LogP contribution is -2.29. The van der Waals surface area contributed by atoms with Crippen molar-refractivity contribution in [1.29, 1.82) is 0 Å². The molecule has 2 atom stereocenters. The van der Waals surface area contributed by atoms with Crippen LogP contribution in [0.25, 0.3) is 0 Å². The van der Waals surface area contributed by atoms with E-state index in [1.165, 1.54) is 37.7 Å². The zero-order valence-corrected chi connectivity index (χ0v) is 10.4. The van der Waals surface area contributed by atoms with Crippen molar-refractivity contribution in [3.8, 4) is 0 Å². The molecule has 0 aromatic heterocycles. The second kappa shape index (κ2) is 4.51. The normalized spacial score (nSPS) is 33.8. The summed E-state index contributed by atoms with van der Waals surface area (Å²) in [5.74, 6) is 1.68. The van der Waals surface area contributed by atoms with E-state index in [0.717, 1.165) is 11.8 Å². The van der Waals surface area contributed by atoms with Gasteiger partial charge in [-0.15, -0.1) is 0 Å². The van der Waals surface area contributed by atoms with Gasteiger partial charge in [0.05, 0.1) is 0 Å². The van der Waals surface area contributed by atoms with Gasteiger partial charge in [0.2, 0.25) is 0 Å². The van der Waals surface area contributed by atoms with E-state index < -0.39 is 0 Å². The van der Waals surface area contributed by atoms with Crippen LogP contribution in [0.3, 0.4) is 0 Å². The van der Waals surface area contributed by atoms with Crippen LogP contribution >= 0.6 is 0 Å². The summed E-state index contributed by atoms with van der Waals surface area (Å²) in [5, 5.41) is 0. The molecule has 1 fully saturated rings. The van der Waals surface area contributed by atoms with Crippen LogP contribution in [0.1, 0.15) is 59.8 Å². The van der Waals surface area contributed by atoms with E-state index in [9.17, 15) is 0 Å². The van der Waals surface area contributed by atoms with Crippen LogP contribution in [0, 0.1) is 17.3 Å². The van der Waals surface area contributed by atoms with Gasteiger partial charge in [-0.25, -0.2) is 0 Å². The maximum absolute atomic E-state index is 4.22. The van der Waals surface area contributed by atoms with Crippen molar-refractivity contribution >= 4 is 0 Å². The summed E-state index contributed by atoms with van der Waals surface area (Å²) in [4.78, 5) is 0. The lowest BCUT2D eigenvalue weighted by atomic mass is 9.64. The minimum absolute atomic E-state index is 0.586. The first-order valence-corrected chi connectivity index (χ1v) is 6.14. The fraction of sp³-hybridized carbons (Fsp3) is 0.857. The molecule has 0 nitrogen and oxygen atoms in total. The van der Waals surface area contributed by atoms with Gasteiger partial charge in [0.15, 0.2) is 0 Å². The van der Waals surface area contributed by atoms with E-state index in [2.05, 4.69) is 34.3 Å². The molecule has 0 aromatic carbocycles. The lowest BCUT2D eigenvalue weighted by molar-refractivity contribution is 0.140. The molecule has 0 spiro atoms. The van der Waals surface area contributed by atoms with Crippen LogP contribution in [-0.4, -0.2) is 0 Å². The summed E-state index contributed by atoms with van der Waals surface area (Å²) in [7, 11) is 0. The van der Waals surface area contributed by atoms with Crippen molar-refractivity contribution in [1.82, 2.24) is 0 Å². The first kappa shape index (κ1) is 11.8. The molecule has 0 amide bonds. The summed E-state index contributed by atoms with van der Waals surface area (Å²) in [6.07, 6.45) is 6.67. The Kier molecular flexibility index (Phi) is 3.80. The molecule has 2 unspecified atom stereocenters. The van der Waals surface area contributed by atoms with Crippen LogP contribution in [-0.2, 0) is 0 Å². The van der Waals surface area contributed by atoms with Gasteiger partial charge in [0, 0.05) is 0 Å². The maximum Gasteiger partial charge on any atom is -0.0258 e. The monoisotopic (exact) mass is 194 g/mol. The zero-order valence-electron chi connectivity index (χ0n) is 10.4. The Morgan fingerprint density at radius 2 is 2.14 bits per heavy atom.